The molecule has 0 aliphatic carbocycles. The van der Waals surface area contributed by atoms with E-state index in [1.54, 1.807) is 12.1 Å². The van der Waals surface area contributed by atoms with Crippen LogP contribution < -0.4 is 0 Å². The first-order valence-corrected chi connectivity index (χ1v) is 9.25. The molecule has 3 rings (SSSR count). The summed E-state index contributed by atoms with van der Waals surface area (Å²) in [5.41, 5.74) is 1.60. The molecule has 0 amide bonds. The summed E-state index contributed by atoms with van der Waals surface area (Å²) >= 11 is 0. The second-order valence-corrected chi connectivity index (χ2v) is 6.93. The summed E-state index contributed by atoms with van der Waals surface area (Å²) in [5, 5.41) is 8.85. The Morgan fingerprint density at radius 1 is 0.880 bits per heavy atom. The second kappa shape index (κ2) is 9.30. The third-order valence-corrected chi connectivity index (χ3v) is 4.82. The van der Waals surface area contributed by atoms with Crippen molar-refractivity contribution in [2.45, 2.75) is 45.2 Å². The zero-order valence-electron chi connectivity index (χ0n) is 14.9. The molecule has 0 unspecified atom stereocenters. The summed E-state index contributed by atoms with van der Waals surface area (Å²) in [4.78, 5) is 0. The van der Waals surface area contributed by atoms with Crippen molar-refractivity contribution in [3.63, 3.8) is 0 Å². The average molecular weight is 345 g/mol. The second-order valence-electron chi connectivity index (χ2n) is 6.93. The average Bonchev–Trinajstić information content (AvgIpc) is 2.68. The van der Waals surface area contributed by atoms with Crippen molar-refractivity contribution < 1.29 is 18.9 Å². The molecule has 2 aliphatic heterocycles. The number of ether oxygens (including phenoxy) is 4. The summed E-state index contributed by atoms with van der Waals surface area (Å²) in [6.07, 6.45) is 3.80. The number of nitriles is 1. The van der Waals surface area contributed by atoms with Crippen LogP contribution in [0.5, 0.6) is 0 Å². The van der Waals surface area contributed by atoms with E-state index in [-0.39, 0.29) is 12.6 Å². The van der Waals surface area contributed by atoms with E-state index in [1.165, 1.54) is 12.8 Å². The van der Waals surface area contributed by atoms with Crippen LogP contribution in [0.25, 0.3) is 0 Å². The smallest absolute Gasteiger partial charge is 0.183 e. The fourth-order valence-corrected chi connectivity index (χ4v) is 3.31. The van der Waals surface area contributed by atoms with Crippen LogP contribution in [-0.2, 0) is 18.9 Å². The highest BCUT2D eigenvalue weighted by Gasteiger charge is 2.26. The minimum absolute atomic E-state index is 0.0793. The van der Waals surface area contributed by atoms with E-state index < -0.39 is 0 Å². The fraction of sp³-hybridized carbons (Fsp3) is 0.650. The first-order valence-electron chi connectivity index (χ1n) is 9.25. The van der Waals surface area contributed by atoms with Gasteiger partial charge in [-0.2, -0.15) is 5.26 Å². The lowest BCUT2D eigenvalue weighted by atomic mass is 10.0. The summed E-state index contributed by atoms with van der Waals surface area (Å²) in [6, 6.07) is 9.47. The molecule has 5 nitrogen and oxygen atoms in total. The standard InChI is InChI=1S/C20H27NO4/c1-2-3-16-11-22-19(23-12-16)9-6-17-13-24-20(25-14-17)18-7-4-15(10-21)5-8-18/h4-5,7-8,16-17,19-20H,2-3,6,9,11-14H2,1H3. The van der Waals surface area contributed by atoms with Gasteiger partial charge in [-0.1, -0.05) is 25.5 Å². The molecule has 2 saturated heterocycles. The zero-order chi connectivity index (χ0) is 17.5. The lowest BCUT2D eigenvalue weighted by Crippen LogP contribution is -2.33. The van der Waals surface area contributed by atoms with E-state index in [2.05, 4.69) is 13.0 Å². The van der Waals surface area contributed by atoms with Gasteiger partial charge in [-0.15, -0.1) is 0 Å². The van der Waals surface area contributed by atoms with E-state index in [1.807, 2.05) is 12.1 Å². The maximum atomic E-state index is 8.85. The van der Waals surface area contributed by atoms with E-state index >= 15 is 0 Å². The predicted octanol–water partition coefficient (Wildman–Crippen LogP) is 3.79. The van der Waals surface area contributed by atoms with Crippen molar-refractivity contribution in [3.8, 4) is 6.07 Å². The van der Waals surface area contributed by atoms with Gasteiger partial charge in [0.2, 0.25) is 0 Å². The molecule has 2 aliphatic rings. The van der Waals surface area contributed by atoms with E-state index in [0.717, 1.165) is 31.6 Å². The molecule has 2 heterocycles. The van der Waals surface area contributed by atoms with Crippen LogP contribution in [0, 0.1) is 23.2 Å². The van der Waals surface area contributed by atoms with Gasteiger partial charge in [-0.25, -0.2) is 0 Å². The van der Waals surface area contributed by atoms with Crippen LogP contribution in [0.1, 0.15) is 50.0 Å². The van der Waals surface area contributed by atoms with Crippen molar-refractivity contribution in [1.82, 2.24) is 0 Å². The largest absolute Gasteiger partial charge is 0.352 e. The van der Waals surface area contributed by atoms with Gasteiger partial charge in [0.05, 0.1) is 38.1 Å². The van der Waals surface area contributed by atoms with Gasteiger partial charge in [-0.05, 0) is 31.4 Å². The van der Waals surface area contributed by atoms with Gasteiger partial charge >= 0.3 is 0 Å². The molecule has 1 aromatic rings. The molecule has 0 bridgehead atoms. The van der Waals surface area contributed by atoms with Crippen LogP contribution in [-0.4, -0.2) is 32.7 Å². The minimum Gasteiger partial charge on any atom is -0.352 e. The number of benzene rings is 1. The highest BCUT2D eigenvalue weighted by atomic mass is 16.7. The van der Waals surface area contributed by atoms with Gasteiger partial charge in [-0.3, -0.25) is 0 Å². The first-order chi connectivity index (χ1) is 12.3. The van der Waals surface area contributed by atoms with E-state index in [4.69, 9.17) is 24.2 Å². The molecule has 0 aromatic heterocycles. The number of hydrogen-bond donors (Lipinski definition) is 0. The molecular weight excluding hydrogens is 318 g/mol. The van der Waals surface area contributed by atoms with Crippen molar-refractivity contribution in [3.05, 3.63) is 35.4 Å². The molecule has 0 atom stereocenters. The molecule has 0 radical (unpaired) electrons. The van der Waals surface area contributed by atoms with Crippen molar-refractivity contribution >= 4 is 0 Å². The Bertz CT molecular complexity index is 552. The molecule has 1 aromatic carbocycles. The zero-order valence-corrected chi connectivity index (χ0v) is 14.9. The Morgan fingerprint density at radius 3 is 2.08 bits per heavy atom. The Balaban J connectivity index is 1.36. The number of rotatable bonds is 6. The summed E-state index contributed by atoms with van der Waals surface area (Å²) in [5.74, 6) is 0.922. The molecule has 25 heavy (non-hydrogen) atoms. The molecular formula is C20H27NO4. The van der Waals surface area contributed by atoms with Crippen molar-refractivity contribution in [2.75, 3.05) is 26.4 Å². The lowest BCUT2D eigenvalue weighted by molar-refractivity contribution is -0.220. The van der Waals surface area contributed by atoms with Crippen LogP contribution in [0.2, 0.25) is 0 Å². The summed E-state index contributed by atoms with van der Waals surface area (Å²) < 4.78 is 23.3. The van der Waals surface area contributed by atoms with E-state index in [0.29, 0.717) is 30.6 Å². The molecule has 0 saturated carbocycles. The van der Waals surface area contributed by atoms with Crippen LogP contribution in [0.4, 0.5) is 0 Å². The molecule has 0 N–H and O–H groups in total. The topological polar surface area (TPSA) is 60.7 Å². The maximum Gasteiger partial charge on any atom is 0.183 e. The Hall–Kier alpha value is -1.45. The van der Waals surface area contributed by atoms with Gasteiger partial charge in [0.25, 0.3) is 0 Å². The SMILES string of the molecule is CCCC1COC(CCC2COC(c3ccc(C#N)cc3)OC2)OC1. The summed E-state index contributed by atoms with van der Waals surface area (Å²) in [7, 11) is 0. The molecule has 0 spiro atoms. The summed E-state index contributed by atoms with van der Waals surface area (Å²) in [6.45, 7) is 5.18. The Labute approximate surface area is 149 Å². The van der Waals surface area contributed by atoms with E-state index in [9.17, 15) is 0 Å². The third-order valence-electron chi connectivity index (χ3n) is 4.82. The van der Waals surface area contributed by atoms with Gasteiger partial charge in [0.15, 0.2) is 12.6 Å². The fourth-order valence-electron chi connectivity index (χ4n) is 3.31. The van der Waals surface area contributed by atoms with Crippen LogP contribution in [0.15, 0.2) is 24.3 Å². The van der Waals surface area contributed by atoms with Gasteiger partial charge < -0.3 is 18.9 Å². The van der Waals surface area contributed by atoms with Crippen molar-refractivity contribution in [2.24, 2.45) is 11.8 Å². The molecule has 5 heteroatoms. The van der Waals surface area contributed by atoms with Gasteiger partial charge in [0.1, 0.15) is 0 Å². The quantitative estimate of drug-likeness (QED) is 0.785. The highest BCUT2D eigenvalue weighted by Crippen LogP contribution is 2.28. The van der Waals surface area contributed by atoms with Gasteiger partial charge in [0, 0.05) is 17.4 Å². The number of hydrogen-bond acceptors (Lipinski definition) is 5. The Kier molecular flexibility index (Phi) is 6.83. The Morgan fingerprint density at radius 2 is 1.48 bits per heavy atom. The minimum atomic E-state index is -0.332. The predicted molar refractivity (Wildman–Crippen MR) is 92.6 cm³/mol. The maximum absolute atomic E-state index is 8.85. The van der Waals surface area contributed by atoms with Crippen molar-refractivity contribution in [1.29, 1.82) is 5.26 Å². The number of nitrogens with zero attached hydrogens (tertiary/aromatic N) is 1. The third kappa shape index (κ3) is 5.26. The lowest BCUT2D eigenvalue weighted by Gasteiger charge is -2.32. The molecule has 2 fully saturated rings. The first kappa shape index (κ1) is 18.3. The normalized spacial score (nSPS) is 29.9. The van der Waals surface area contributed by atoms with Crippen LogP contribution in [0.3, 0.4) is 0 Å². The monoisotopic (exact) mass is 345 g/mol. The highest BCUT2D eigenvalue weighted by molar-refractivity contribution is 5.32. The molecule has 136 valence electrons. The van der Waals surface area contributed by atoms with Crippen LogP contribution >= 0.6 is 0 Å².